The minimum atomic E-state index is -3.58. The first-order chi connectivity index (χ1) is 10.0. The smallest absolute Gasteiger partial charge is 0.476 e. The van der Waals surface area contributed by atoms with Crippen molar-refractivity contribution in [3.8, 4) is 0 Å². The zero-order valence-corrected chi connectivity index (χ0v) is 12.9. The molecule has 0 aliphatic carbocycles. The van der Waals surface area contributed by atoms with Crippen molar-refractivity contribution in [2.24, 2.45) is 0 Å². The van der Waals surface area contributed by atoms with Crippen LogP contribution in [0.15, 0.2) is 0 Å². The van der Waals surface area contributed by atoms with E-state index in [1.165, 1.54) is 24.1 Å². The normalized spacial score (nSPS) is 10.4. The molecule has 0 atom stereocenters. The molecule has 0 fully saturated rings. The lowest BCUT2D eigenvalue weighted by Crippen LogP contribution is -2.42. The Morgan fingerprint density at radius 3 is 1.68 bits per heavy atom. The van der Waals surface area contributed by atoms with E-state index in [1.54, 1.807) is 0 Å². The van der Waals surface area contributed by atoms with Crippen molar-refractivity contribution in [2.75, 3.05) is 26.7 Å². The molecular weight excluding hydrogens is 307 g/mol. The van der Waals surface area contributed by atoms with Gasteiger partial charge in [0, 0.05) is 0 Å². The Morgan fingerprint density at radius 2 is 1.45 bits per heavy atom. The average molecular weight is 328 g/mol. The molecule has 0 rings (SSSR count). The molecule has 11 heteroatoms. The fourth-order valence-electron chi connectivity index (χ4n) is 0.992. The van der Waals surface area contributed by atoms with Crippen molar-refractivity contribution in [3.05, 3.63) is 0 Å². The molecular formula is C11H21BF2NO7+. The zero-order chi connectivity index (χ0) is 17.9. The van der Waals surface area contributed by atoms with Gasteiger partial charge in [0.25, 0.3) is 0 Å². The van der Waals surface area contributed by atoms with E-state index in [9.17, 15) is 23.2 Å². The number of esters is 2. The molecule has 128 valence electrons. The van der Waals surface area contributed by atoms with Crippen molar-refractivity contribution in [1.82, 2.24) is 0 Å². The minimum absolute atomic E-state index is 1.21. The highest BCUT2D eigenvalue weighted by Gasteiger charge is 2.29. The van der Waals surface area contributed by atoms with E-state index in [4.69, 9.17) is 10.0 Å². The molecule has 0 amide bonds. The molecule has 0 saturated carbocycles. The van der Waals surface area contributed by atoms with Gasteiger partial charge in [-0.3, -0.25) is 0 Å². The largest absolute Gasteiger partial charge is 0.709 e. The summed E-state index contributed by atoms with van der Waals surface area (Å²) in [6.45, 7) is 10.5. The van der Waals surface area contributed by atoms with Gasteiger partial charge in [0.1, 0.15) is 0 Å². The fourth-order valence-corrected chi connectivity index (χ4v) is 0.992. The molecule has 0 heterocycles. The number of hydrogen-bond donors (Lipinski definition) is 2. The van der Waals surface area contributed by atoms with Crippen LogP contribution >= 0.6 is 0 Å². The first-order valence-corrected chi connectivity index (χ1v) is 6.47. The van der Waals surface area contributed by atoms with Crippen LogP contribution in [0.5, 0.6) is 0 Å². The zero-order valence-electron chi connectivity index (χ0n) is 12.9. The Hall–Kier alpha value is -1.59. The van der Waals surface area contributed by atoms with Crippen molar-refractivity contribution in [2.45, 2.75) is 27.2 Å². The molecule has 0 aromatic heterocycles. The lowest BCUT2D eigenvalue weighted by Gasteiger charge is -2.30. The van der Waals surface area contributed by atoms with E-state index in [2.05, 4.69) is 37.2 Å². The number of alkyl halides is 2. The molecule has 0 radical (unpaired) electrons. The van der Waals surface area contributed by atoms with E-state index >= 15 is 0 Å². The molecule has 0 aliphatic rings. The van der Waals surface area contributed by atoms with Crippen molar-refractivity contribution in [1.29, 1.82) is 0 Å². The predicted octanol–water partition coefficient (Wildman–Crippen LogP) is -0.673. The summed E-state index contributed by atoms with van der Waals surface area (Å²) < 4.78 is 30.7. The van der Waals surface area contributed by atoms with Crippen molar-refractivity contribution >= 4 is 25.2 Å². The maximum Gasteiger partial charge on any atom is 0.709 e. The summed E-state index contributed by atoms with van der Waals surface area (Å²) in [5.74, 6) is -6.28. The number of quaternary nitrogens is 1. The van der Waals surface area contributed by atoms with Gasteiger partial charge in [-0.15, -0.1) is 0 Å². The second-order valence-corrected chi connectivity index (χ2v) is 4.31. The topological polar surface area (TPSA) is 110 Å². The van der Waals surface area contributed by atoms with Crippen LogP contribution in [0.2, 0.25) is 0 Å². The van der Waals surface area contributed by atoms with Crippen LogP contribution in [0.1, 0.15) is 20.8 Å². The summed E-state index contributed by atoms with van der Waals surface area (Å²) in [5.41, 5.74) is 0. The Balaban J connectivity index is 0. The molecule has 0 saturated heterocycles. The molecule has 22 heavy (non-hydrogen) atoms. The Kier molecular flexibility index (Phi) is 11.4. The quantitative estimate of drug-likeness (QED) is 0.226. The summed E-state index contributed by atoms with van der Waals surface area (Å²) in [6.07, 6.45) is -3.58. The van der Waals surface area contributed by atoms with Crippen LogP contribution in [0.25, 0.3) is 0 Å². The number of hydrogen-bond acceptors (Lipinski definition) is 7. The summed E-state index contributed by atoms with van der Waals surface area (Å²) in [7, 11) is -0.309. The molecule has 2 N–H and O–H groups in total. The number of halogens is 2. The van der Waals surface area contributed by atoms with Gasteiger partial charge in [0.05, 0.1) is 26.7 Å². The standard InChI is InChI=1S/C7H18N.C4H3BF2O7/c1-5-8(4,6-2)7-3;6-1(7)2(8)13-3(9)4(10)14-5(11)12/h5-7H2,1-4H3;1,11-12H/q+1;. The first kappa shape index (κ1) is 22.7. The van der Waals surface area contributed by atoms with Gasteiger partial charge in [-0.25, -0.2) is 14.4 Å². The second-order valence-electron chi connectivity index (χ2n) is 4.31. The SMILES string of the molecule is CC[N+](C)(CC)CC.O=C(OB(O)O)C(=O)OC(=O)C(F)F. The van der Waals surface area contributed by atoms with E-state index in [1.807, 2.05) is 0 Å². The maximum atomic E-state index is 11.4. The van der Waals surface area contributed by atoms with Crippen LogP contribution in [0.3, 0.4) is 0 Å². The molecule has 0 aromatic carbocycles. The highest BCUT2D eigenvalue weighted by atomic mass is 19.3. The lowest BCUT2D eigenvalue weighted by atomic mass is 10.3. The van der Waals surface area contributed by atoms with E-state index in [0.717, 1.165) is 0 Å². The Bertz CT molecular complexity index is 367. The number of nitrogens with zero attached hydrogens (tertiary/aromatic N) is 1. The molecule has 0 bridgehead atoms. The molecule has 0 unspecified atom stereocenters. The van der Waals surface area contributed by atoms with Gasteiger partial charge in [0.15, 0.2) is 0 Å². The number of rotatable bonds is 5. The van der Waals surface area contributed by atoms with Gasteiger partial charge in [-0.2, -0.15) is 8.78 Å². The van der Waals surface area contributed by atoms with Crippen molar-refractivity contribution < 1.29 is 47.1 Å². The maximum absolute atomic E-state index is 11.4. The third-order valence-corrected chi connectivity index (χ3v) is 3.04. The number of carbonyl (C=O) groups is 3. The van der Waals surface area contributed by atoms with E-state index < -0.39 is 31.7 Å². The summed E-state index contributed by atoms with van der Waals surface area (Å²) >= 11 is 0. The Labute approximate surface area is 127 Å². The first-order valence-electron chi connectivity index (χ1n) is 6.47. The van der Waals surface area contributed by atoms with E-state index in [0.29, 0.717) is 0 Å². The van der Waals surface area contributed by atoms with Crippen LogP contribution in [0, 0.1) is 0 Å². The predicted molar refractivity (Wildman–Crippen MR) is 71.2 cm³/mol. The average Bonchev–Trinajstić information content (AvgIpc) is 2.46. The van der Waals surface area contributed by atoms with Gasteiger partial charge in [-0.05, 0) is 20.8 Å². The summed E-state index contributed by atoms with van der Waals surface area (Å²) in [5, 5.41) is 16.0. The molecule has 0 spiro atoms. The third-order valence-electron chi connectivity index (χ3n) is 3.04. The highest BCUT2D eigenvalue weighted by molar-refractivity contribution is 6.43. The van der Waals surface area contributed by atoms with Gasteiger partial charge < -0.3 is 23.9 Å². The van der Waals surface area contributed by atoms with Gasteiger partial charge in [-0.1, -0.05) is 0 Å². The summed E-state index contributed by atoms with van der Waals surface area (Å²) in [6, 6.07) is 0. The van der Waals surface area contributed by atoms with Crippen LogP contribution < -0.4 is 0 Å². The fraction of sp³-hybridized carbons (Fsp3) is 0.727. The highest BCUT2D eigenvalue weighted by Crippen LogP contribution is 1.98. The molecule has 0 aliphatic heterocycles. The lowest BCUT2D eigenvalue weighted by molar-refractivity contribution is -0.904. The van der Waals surface area contributed by atoms with Gasteiger partial charge in [0.2, 0.25) is 0 Å². The number of carbonyl (C=O) groups excluding carboxylic acids is 3. The third kappa shape index (κ3) is 10.2. The second kappa shape index (κ2) is 11.0. The van der Waals surface area contributed by atoms with Crippen LogP contribution in [-0.2, 0) is 23.8 Å². The van der Waals surface area contributed by atoms with E-state index in [-0.39, 0.29) is 0 Å². The van der Waals surface area contributed by atoms with Gasteiger partial charge >= 0.3 is 31.7 Å². The molecule has 0 aromatic rings. The van der Waals surface area contributed by atoms with Crippen molar-refractivity contribution in [3.63, 3.8) is 0 Å². The Morgan fingerprint density at radius 1 is 1.05 bits per heavy atom. The molecule has 8 nitrogen and oxygen atoms in total. The number of ether oxygens (including phenoxy) is 1. The van der Waals surface area contributed by atoms with Crippen LogP contribution in [-0.4, -0.2) is 72.9 Å². The minimum Gasteiger partial charge on any atom is -0.476 e. The van der Waals surface area contributed by atoms with Crippen LogP contribution in [0.4, 0.5) is 8.78 Å². The monoisotopic (exact) mass is 328 g/mol. The summed E-state index contributed by atoms with van der Waals surface area (Å²) in [4.78, 5) is 30.6.